The lowest BCUT2D eigenvalue weighted by Gasteiger charge is -2.32. The first-order valence-electron chi connectivity index (χ1n) is 8.52. The largest absolute Gasteiger partial charge is 0.487 e. The van der Waals surface area contributed by atoms with Gasteiger partial charge in [-0.25, -0.2) is 9.07 Å². The van der Waals surface area contributed by atoms with E-state index in [1.807, 2.05) is 6.92 Å². The quantitative estimate of drug-likeness (QED) is 0.898. The molecule has 0 saturated carbocycles. The molecule has 1 amide bonds. The average molecular weight is 345 g/mol. The van der Waals surface area contributed by atoms with Gasteiger partial charge < -0.3 is 10.1 Å². The van der Waals surface area contributed by atoms with E-state index in [0.717, 1.165) is 25.9 Å². The van der Waals surface area contributed by atoms with Gasteiger partial charge in [-0.05, 0) is 45.0 Å². The van der Waals surface area contributed by atoms with Crippen LogP contribution in [0.4, 0.5) is 10.1 Å². The second-order valence-electron chi connectivity index (χ2n) is 6.52. The molecule has 1 saturated heterocycles. The summed E-state index contributed by atoms with van der Waals surface area (Å²) in [6.45, 7) is 4.11. The molecule has 0 radical (unpaired) electrons. The van der Waals surface area contributed by atoms with Crippen molar-refractivity contribution in [2.75, 3.05) is 24.5 Å². The molecule has 2 aromatic rings. The van der Waals surface area contributed by atoms with Gasteiger partial charge >= 0.3 is 0 Å². The van der Waals surface area contributed by atoms with E-state index in [9.17, 15) is 9.18 Å². The molecule has 0 bridgehead atoms. The molecule has 8 heteroatoms. The highest BCUT2D eigenvalue weighted by molar-refractivity contribution is 6.05. The maximum absolute atomic E-state index is 13.5. The molecule has 25 heavy (non-hydrogen) atoms. The summed E-state index contributed by atoms with van der Waals surface area (Å²) in [5.74, 6) is -0.266. The molecule has 4 rings (SSSR count). The standard InChI is InChI=1S/C17H20FN5O2/c1-11-9-22(15-3-2-12(18)8-16(15)25-11)17(24)14-10-23(21-20-14)13-4-6-19-7-5-13/h2-3,8,10-11,13,19H,4-7,9H2,1H3/t11-/m1/s1. The number of ether oxygens (including phenoxy) is 1. The number of halogens is 1. The van der Waals surface area contributed by atoms with Crippen LogP contribution in [0.5, 0.6) is 5.75 Å². The summed E-state index contributed by atoms with van der Waals surface area (Å²) in [5, 5.41) is 11.5. The SMILES string of the molecule is C[C@@H]1CN(C(=O)c2cn(C3CCNCC3)nn2)c2ccc(F)cc2O1. The maximum Gasteiger partial charge on any atom is 0.280 e. The third kappa shape index (κ3) is 3.09. The number of nitrogens with one attached hydrogen (secondary N) is 1. The number of rotatable bonds is 2. The van der Waals surface area contributed by atoms with Crippen LogP contribution in [-0.2, 0) is 0 Å². The van der Waals surface area contributed by atoms with Gasteiger partial charge in [0.05, 0.1) is 24.5 Å². The van der Waals surface area contributed by atoms with Gasteiger partial charge in [-0.15, -0.1) is 5.10 Å². The molecule has 1 aromatic heterocycles. The fourth-order valence-corrected chi connectivity index (χ4v) is 3.37. The second-order valence-corrected chi connectivity index (χ2v) is 6.52. The number of benzene rings is 1. The van der Waals surface area contributed by atoms with E-state index >= 15 is 0 Å². The summed E-state index contributed by atoms with van der Waals surface area (Å²) < 4.78 is 20.9. The van der Waals surface area contributed by atoms with Crippen molar-refractivity contribution in [3.8, 4) is 5.75 Å². The van der Waals surface area contributed by atoms with E-state index in [-0.39, 0.29) is 18.1 Å². The van der Waals surface area contributed by atoms with E-state index in [1.54, 1.807) is 21.8 Å². The molecule has 1 aromatic carbocycles. The van der Waals surface area contributed by atoms with Crippen molar-refractivity contribution in [3.05, 3.63) is 35.9 Å². The average Bonchev–Trinajstić information content (AvgIpc) is 3.11. The van der Waals surface area contributed by atoms with Crippen molar-refractivity contribution in [2.45, 2.75) is 31.9 Å². The van der Waals surface area contributed by atoms with E-state index in [1.165, 1.54) is 12.1 Å². The summed E-state index contributed by atoms with van der Waals surface area (Å²) >= 11 is 0. The first-order valence-corrected chi connectivity index (χ1v) is 8.52. The van der Waals surface area contributed by atoms with Gasteiger partial charge in [0.25, 0.3) is 5.91 Å². The van der Waals surface area contributed by atoms with E-state index < -0.39 is 5.82 Å². The van der Waals surface area contributed by atoms with Gasteiger partial charge in [-0.2, -0.15) is 0 Å². The zero-order valence-corrected chi connectivity index (χ0v) is 14.0. The number of carbonyl (C=O) groups is 1. The van der Waals surface area contributed by atoms with Crippen LogP contribution in [0.1, 0.15) is 36.3 Å². The van der Waals surface area contributed by atoms with Gasteiger partial charge in [0, 0.05) is 6.07 Å². The van der Waals surface area contributed by atoms with Crippen molar-refractivity contribution >= 4 is 11.6 Å². The number of anilines is 1. The van der Waals surface area contributed by atoms with Crippen molar-refractivity contribution in [1.82, 2.24) is 20.3 Å². The predicted molar refractivity (Wildman–Crippen MR) is 89.3 cm³/mol. The molecule has 1 N–H and O–H groups in total. The number of fused-ring (bicyclic) bond motifs is 1. The minimum atomic E-state index is -0.392. The number of hydrogen-bond acceptors (Lipinski definition) is 5. The first kappa shape index (κ1) is 16.0. The second kappa shape index (κ2) is 6.44. The fraction of sp³-hybridized carbons (Fsp3) is 0.471. The Hall–Kier alpha value is -2.48. The van der Waals surface area contributed by atoms with E-state index in [0.29, 0.717) is 23.7 Å². The minimum Gasteiger partial charge on any atom is -0.487 e. The highest BCUT2D eigenvalue weighted by Gasteiger charge is 2.30. The molecular formula is C17H20FN5O2. The highest BCUT2D eigenvalue weighted by atomic mass is 19.1. The third-order valence-electron chi connectivity index (χ3n) is 4.64. The monoisotopic (exact) mass is 345 g/mol. The number of hydrogen-bond donors (Lipinski definition) is 1. The molecule has 1 atom stereocenters. The number of amides is 1. The number of nitrogens with zero attached hydrogens (tertiary/aromatic N) is 4. The lowest BCUT2D eigenvalue weighted by atomic mass is 10.1. The molecule has 0 unspecified atom stereocenters. The Bertz CT molecular complexity index is 787. The Balaban J connectivity index is 1.60. The van der Waals surface area contributed by atoms with Crippen LogP contribution in [-0.4, -0.2) is 46.6 Å². The Morgan fingerprint density at radius 1 is 1.36 bits per heavy atom. The fourth-order valence-electron chi connectivity index (χ4n) is 3.37. The minimum absolute atomic E-state index is 0.224. The molecule has 0 spiro atoms. The van der Waals surface area contributed by atoms with E-state index in [2.05, 4.69) is 15.6 Å². The summed E-state index contributed by atoms with van der Waals surface area (Å²) in [5.41, 5.74) is 0.851. The Morgan fingerprint density at radius 2 is 2.16 bits per heavy atom. The van der Waals surface area contributed by atoms with Crippen LogP contribution < -0.4 is 15.0 Å². The third-order valence-corrected chi connectivity index (χ3v) is 4.64. The van der Waals surface area contributed by atoms with Crippen LogP contribution in [0.3, 0.4) is 0 Å². The summed E-state index contributed by atoms with van der Waals surface area (Å²) in [6, 6.07) is 4.45. The van der Waals surface area contributed by atoms with Gasteiger partial charge in [-0.3, -0.25) is 9.69 Å². The van der Waals surface area contributed by atoms with Gasteiger partial charge in [0.2, 0.25) is 0 Å². The smallest absolute Gasteiger partial charge is 0.280 e. The normalized spacial score (nSPS) is 20.9. The molecule has 0 aliphatic carbocycles. The highest BCUT2D eigenvalue weighted by Crippen LogP contribution is 2.34. The predicted octanol–water partition coefficient (Wildman–Crippen LogP) is 1.77. The maximum atomic E-state index is 13.5. The Morgan fingerprint density at radius 3 is 2.96 bits per heavy atom. The Kier molecular flexibility index (Phi) is 4.12. The first-order chi connectivity index (χ1) is 12.1. The van der Waals surface area contributed by atoms with E-state index in [4.69, 9.17) is 4.74 Å². The molecular weight excluding hydrogens is 325 g/mol. The lowest BCUT2D eigenvalue weighted by molar-refractivity contribution is 0.0956. The number of piperidine rings is 1. The van der Waals surface area contributed by atoms with Crippen molar-refractivity contribution in [2.24, 2.45) is 0 Å². The van der Waals surface area contributed by atoms with Crippen molar-refractivity contribution in [3.63, 3.8) is 0 Å². The topological polar surface area (TPSA) is 72.3 Å². The number of aromatic nitrogens is 3. The summed E-state index contributed by atoms with van der Waals surface area (Å²) in [4.78, 5) is 14.5. The molecule has 7 nitrogen and oxygen atoms in total. The van der Waals surface area contributed by atoms with Crippen LogP contribution >= 0.6 is 0 Å². The van der Waals surface area contributed by atoms with Crippen LogP contribution in [0, 0.1) is 5.82 Å². The molecule has 1 fully saturated rings. The van der Waals surface area contributed by atoms with Gasteiger partial charge in [0.15, 0.2) is 5.69 Å². The summed E-state index contributed by atoms with van der Waals surface area (Å²) in [6.07, 6.45) is 3.42. The summed E-state index contributed by atoms with van der Waals surface area (Å²) in [7, 11) is 0. The Labute approximate surface area is 144 Å². The van der Waals surface area contributed by atoms with Gasteiger partial charge in [-0.1, -0.05) is 5.21 Å². The zero-order valence-electron chi connectivity index (χ0n) is 14.0. The van der Waals surface area contributed by atoms with Gasteiger partial charge in [0.1, 0.15) is 17.7 Å². The molecule has 132 valence electrons. The molecule has 2 aliphatic rings. The van der Waals surface area contributed by atoms with Crippen LogP contribution in [0.15, 0.2) is 24.4 Å². The van der Waals surface area contributed by atoms with Crippen LogP contribution in [0.25, 0.3) is 0 Å². The van der Waals surface area contributed by atoms with Crippen LogP contribution in [0.2, 0.25) is 0 Å². The molecule has 3 heterocycles. The van der Waals surface area contributed by atoms with Crippen molar-refractivity contribution in [1.29, 1.82) is 0 Å². The number of carbonyl (C=O) groups excluding carboxylic acids is 1. The lowest BCUT2D eigenvalue weighted by Crippen LogP contribution is -2.42. The molecule has 2 aliphatic heterocycles. The van der Waals surface area contributed by atoms with Crippen molar-refractivity contribution < 1.29 is 13.9 Å². The zero-order chi connectivity index (χ0) is 17.4.